The van der Waals surface area contributed by atoms with Crippen molar-refractivity contribution in [1.82, 2.24) is 19.5 Å². The fourth-order valence-corrected chi connectivity index (χ4v) is 4.99. The van der Waals surface area contributed by atoms with Crippen molar-refractivity contribution in [2.45, 2.75) is 50.6 Å². The standard InChI is InChI=1S/C17H21N5O3S/c1-11-18-17-15(4-3-8-22(17)19-11)20-26(24,25)14-5-6-16-13(10-14)7-9-21(16)12(2)23/h5-6,10,15,20H,3-4,7-9H2,1-2H3/t15-/m1/s1. The van der Waals surface area contributed by atoms with Crippen LogP contribution < -0.4 is 9.62 Å². The molecule has 0 saturated carbocycles. The van der Waals surface area contributed by atoms with Gasteiger partial charge in [0, 0.05) is 25.7 Å². The largest absolute Gasteiger partial charge is 0.312 e. The number of nitrogens with one attached hydrogen (secondary N) is 1. The smallest absolute Gasteiger partial charge is 0.241 e. The molecule has 26 heavy (non-hydrogen) atoms. The van der Waals surface area contributed by atoms with E-state index in [1.807, 2.05) is 0 Å². The first kappa shape index (κ1) is 17.2. The summed E-state index contributed by atoms with van der Waals surface area (Å²) in [5.74, 6) is 1.28. The van der Waals surface area contributed by atoms with Gasteiger partial charge in [-0.1, -0.05) is 0 Å². The highest BCUT2D eigenvalue weighted by Gasteiger charge is 2.30. The molecule has 1 amide bonds. The summed E-state index contributed by atoms with van der Waals surface area (Å²) in [6.45, 7) is 4.67. The Kier molecular flexibility index (Phi) is 4.07. The fraction of sp³-hybridized carbons (Fsp3) is 0.471. The molecule has 2 aliphatic heterocycles. The number of hydrogen-bond acceptors (Lipinski definition) is 5. The Labute approximate surface area is 152 Å². The maximum Gasteiger partial charge on any atom is 0.241 e. The van der Waals surface area contributed by atoms with Crippen molar-refractivity contribution >= 4 is 21.6 Å². The van der Waals surface area contributed by atoms with Gasteiger partial charge in [-0.2, -0.15) is 5.10 Å². The second kappa shape index (κ2) is 6.17. The van der Waals surface area contributed by atoms with Crippen LogP contribution in [0, 0.1) is 6.92 Å². The molecule has 0 saturated heterocycles. The molecule has 2 aliphatic rings. The molecular formula is C17H21N5O3S. The number of fused-ring (bicyclic) bond motifs is 2. The highest BCUT2D eigenvalue weighted by Crippen LogP contribution is 2.31. The number of aromatic nitrogens is 3. The Morgan fingerprint density at radius 1 is 1.31 bits per heavy atom. The SMILES string of the molecule is CC(=O)N1CCc2cc(S(=O)(=O)N[C@@H]3CCCn4nc(C)nc43)ccc21. The Hall–Kier alpha value is -2.26. The molecule has 3 heterocycles. The molecule has 0 fully saturated rings. The third-order valence-electron chi connectivity index (χ3n) is 4.91. The highest BCUT2D eigenvalue weighted by molar-refractivity contribution is 7.89. The third kappa shape index (κ3) is 2.90. The number of carbonyl (C=O) groups excluding carboxylic acids is 1. The van der Waals surface area contributed by atoms with Gasteiger partial charge in [0.25, 0.3) is 0 Å². The average molecular weight is 375 g/mol. The van der Waals surface area contributed by atoms with Crippen molar-refractivity contribution in [2.75, 3.05) is 11.4 Å². The van der Waals surface area contributed by atoms with Crippen LogP contribution in [0.4, 0.5) is 5.69 Å². The van der Waals surface area contributed by atoms with E-state index < -0.39 is 10.0 Å². The van der Waals surface area contributed by atoms with Gasteiger partial charge in [0.15, 0.2) is 0 Å². The minimum Gasteiger partial charge on any atom is -0.312 e. The first-order valence-corrected chi connectivity index (χ1v) is 10.2. The van der Waals surface area contributed by atoms with E-state index in [1.165, 1.54) is 6.92 Å². The molecule has 2 aromatic rings. The van der Waals surface area contributed by atoms with Gasteiger partial charge in [0.1, 0.15) is 11.6 Å². The van der Waals surface area contributed by atoms with Crippen LogP contribution >= 0.6 is 0 Å². The van der Waals surface area contributed by atoms with Crippen molar-refractivity contribution < 1.29 is 13.2 Å². The maximum atomic E-state index is 12.9. The molecule has 1 aromatic heterocycles. The van der Waals surface area contributed by atoms with E-state index in [0.29, 0.717) is 31.0 Å². The Balaban J connectivity index is 1.61. The predicted molar refractivity (Wildman–Crippen MR) is 95.2 cm³/mol. The highest BCUT2D eigenvalue weighted by atomic mass is 32.2. The van der Waals surface area contributed by atoms with E-state index in [0.717, 1.165) is 24.2 Å². The van der Waals surface area contributed by atoms with Crippen LogP contribution in [0.2, 0.25) is 0 Å². The van der Waals surface area contributed by atoms with Crippen LogP contribution in [0.25, 0.3) is 0 Å². The molecular weight excluding hydrogens is 354 g/mol. The molecule has 0 spiro atoms. The summed E-state index contributed by atoms with van der Waals surface area (Å²) in [5.41, 5.74) is 1.68. The van der Waals surface area contributed by atoms with Crippen LogP contribution in [-0.4, -0.2) is 35.6 Å². The molecule has 0 aliphatic carbocycles. The Morgan fingerprint density at radius 2 is 2.12 bits per heavy atom. The van der Waals surface area contributed by atoms with Crippen molar-refractivity contribution in [3.05, 3.63) is 35.4 Å². The lowest BCUT2D eigenvalue weighted by atomic mass is 10.1. The zero-order chi connectivity index (χ0) is 18.5. The number of hydrogen-bond donors (Lipinski definition) is 1. The van der Waals surface area contributed by atoms with E-state index >= 15 is 0 Å². The van der Waals surface area contributed by atoms with E-state index in [4.69, 9.17) is 0 Å². The number of amides is 1. The average Bonchev–Trinajstić information content (AvgIpc) is 3.17. The van der Waals surface area contributed by atoms with Crippen LogP contribution in [0.15, 0.2) is 23.1 Å². The van der Waals surface area contributed by atoms with Gasteiger partial charge in [-0.25, -0.2) is 22.8 Å². The van der Waals surface area contributed by atoms with Gasteiger partial charge < -0.3 is 4.90 Å². The van der Waals surface area contributed by atoms with Crippen LogP contribution in [0.5, 0.6) is 0 Å². The molecule has 1 aromatic carbocycles. The summed E-state index contributed by atoms with van der Waals surface area (Å²) in [6, 6.07) is 4.56. The zero-order valence-electron chi connectivity index (χ0n) is 14.8. The molecule has 0 radical (unpaired) electrons. The van der Waals surface area contributed by atoms with Gasteiger partial charge in [0.2, 0.25) is 15.9 Å². The molecule has 0 bridgehead atoms. The first-order valence-electron chi connectivity index (χ1n) is 8.70. The van der Waals surface area contributed by atoms with Crippen molar-refractivity contribution in [2.24, 2.45) is 0 Å². The summed E-state index contributed by atoms with van der Waals surface area (Å²) in [6.07, 6.45) is 2.20. The molecule has 8 nitrogen and oxygen atoms in total. The summed E-state index contributed by atoms with van der Waals surface area (Å²) in [7, 11) is -3.69. The normalized spacial score (nSPS) is 19.3. The van der Waals surface area contributed by atoms with Gasteiger partial charge in [-0.3, -0.25) is 4.79 Å². The number of rotatable bonds is 3. The lowest BCUT2D eigenvalue weighted by Crippen LogP contribution is -2.33. The van der Waals surface area contributed by atoms with Gasteiger partial charge in [-0.15, -0.1) is 0 Å². The second-order valence-electron chi connectivity index (χ2n) is 6.77. The summed E-state index contributed by atoms with van der Waals surface area (Å²) >= 11 is 0. The molecule has 0 unspecified atom stereocenters. The van der Waals surface area contributed by atoms with E-state index in [-0.39, 0.29) is 16.8 Å². The Morgan fingerprint density at radius 3 is 2.88 bits per heavy atom. The minimum absolute atomic E-state index is 0.0330. The quantitative estimate of drug-likeness (QED) is 0.872. The van der Waals surface area contributed by atoms with Gasteiger partial charge in [-0.05, 0) is 49.9 Å². The van der Waals surface area contributed by atoms with Crippen LogP contribution in [0.3, 0.4) is 0 Å². The molecule has 138 valence electrons. The minimum atomic E-state index is -3.69. The number of benzene rings is 1. The lowest BCUT2D eigenvalue weighted by Gasteiger charge is -2.23. The number of anilines is 1. The maximum absolute atomic E-state index is 12.9. The molecule has 4 rings (SSSR count). The van der Waals surface area contributed by atoms with E-state index in [2.05, 4.69) is 14.8 Å². The van der Waals surface area contributed by atoms with Crippen molar-refractivity contribution in [3.63, 3.8) is 0 Å². The summed E-state index contributed by atoms with van der Waals surface area (Å²) in [4.78, 5) is 17.9. The number of aryl methyl sites for hydroxylation is 2. The summed E-state index contributed by atoms with van der Waals surface area (Å²) < 4.78 is 30.3. The van der Waals surface area contributed by atoms with Crippen molar-refractivity contribution in [1.29, 1.82) is 0 Å². The molecule has 9 heteroatoms. The molecule has 1 N–H and O–H groups in total. The van der Waals surface area contributed by atoms with Crippen molar-refractivity contribution in [3.8, 4) is 0 Å². The Bertz CT molecular complexity index is 982. The monoisotopic (exact) mass is 375 g/mol. The summed E-state index contributed by atoms with van der Waals surface area (Å²) in [5, 5.41) is 4.31. The van der Waals surface area contributed by atoms with Gasteiger partial charge in [0.05, 0.1) is 10.9 Å². The van der Waals surface area contributed by atoms with Crippen LogP contribution in [0.1, 0.15) is 43.0 Å². The lowest BCUT2D eigenvalue weighted by molar-refractivity contribution is -0.116. The predicted octanol–water partition coefficient (Wildman–Crippen LogP) is 1.31. The third-order valence-corrected chi connectivity index (χ3v) is 6.38. The van der Waals surface area contributed by atoms with E-state index in [1.54, 1.807) is 34.7 Å². The second-order valence-corrected chi connectivity index (χ2v) is 8.48. The first-order chi connectivity index (χ1) is 12.3. The van der Waals surface area contributed by atoms with Crippen LogP contribution in [-0.2, 0) is 27.8 Å². The topological polar surface area (TPSA) is 97.2 Å². The fourth-order valence-electron chi connectivity index (χ4n) is 3.71. The van der Waals surface area contributed by atoms with Gasteiger partial charge >= 0.3 is 0 Å². The number of sulfonamides is 1. The zero-order valence-corrected chi connectivity index (χ0v) is 15.6. The molecule has 1 atom stereocenters. The number of carbonyl (C=O) groups is 1. The number of nitrogens with zero attached hydrogens (tertiary/aromatic N) is 4. The van der Waals surface area contributed by atoms with E-state index in [9.17, 15) is 13.2 Å².